The highest BCUT2D eigenvalue weighted by atomic mass is 28.1. The molecule has 0 unspecified atom stereocenters. The molecule has 0 saturated carbocycles. The molecule has 0 bridgehead atoms. The number of rotatable bonds is 0. The summed E-state index contributed by atoms with van der Waals surface area (Å²) < 4.78 is 0. The quantitative estimate of drug-likeness (QED) is 0.556. The van der Waals surface area contributed by atoms with Gasteiger partial charge in [-0.25, -0.2) is 0 Å². The fourth-order valence-electron chi connectivity index (χ4n) is 1.24. The van der Waals surface area contributed by atoms with Crippen LogP contribution in [0.25, 0.3) is 10.9 Å². The Kier molecular flexibility index (Phi) is 1.36. The van der Waals surface area contributed by atoms with Crippen LogP contribution < -0.4 is 5.19 Å². The van der Waals surface area contributed by atoms with E-state index in [4.69, 9.17) is 0 Å². The second-order valence-electron chi connectivity index (χ2n) is 2.75. The molecule has 0 aliphatic rings. The molecule has 2 rings (SSSR count). The zero-order valence-corrected chi connectivity index (χ0v) is 7.31. The molecule has 0 saturated heterocycles. The standard InChI is InChI=1S/C9H8NSi/c1-6-2-3-7-8(4-6)10-5-9(7)11/h2-5,10H,1H3. The first-order valence-corrected chi connectivity index (χ1v) is 4.07. The lowest BCUT2D eigenvalue weighted by Gasteiger charge is -1.92. The topological polar surface area (TPSA) is 15.8 Å². The van der Waals surface area contributed by atoms with E-state index in [1.165, 1.54) is 16.5 Å². The largest absolute Gasteiger partial charge is 0.361 e. The van der Waals surface area contributed by atoms with E-state index < -0.39 is 0 Å². The second-order valence-corrected chi connectivity index (χ2v) is 3.29. The number of fused-ring (bicyclic) bond motifs is 1. The summed E-state index contributed by atoms with van der Waals surface area (Å²) >= 11 is 0. The van der Waals surface area contributed by atoms with Crippen LogP contribution in [0.4, 0.5) is 0 Å². The molecule has 0 atom stereocenters. The molecule has 1 nitrogen and oxygen atoms in total. The molecule has 1 aromatic heterocycles. The average molecular weight is 158 g/mol. The van der Waals surface area contributed by atoms with Crippen LogP contribution in [0.2, 0.25) is 0 Å². The summed E-state index contributed by atoms with van der Waals surface area (Å²) in [6.45, 7) is 2.09. The average Bonchev–Trinajstić information content (AvgIpc) is 2.32. The van der Waals surface area contributed by atoms with Gasteiger partial charge in [-0.2, -0.15) is 0 Å². The van der Waals surface area contributed by atoms with Gasteiger partial charge >= 0.3 is 0 Å². The highest BCUT2D eigenvalue weighted by Gasteiger charge is 1.97. The minimum Gasteiger partial charge on any atom is -0.361 e. The van der Waals surface area contributed by atoms with E-state index in [0.29, 0.717) is 0 Å². The molecule has 0 aliphatic carbocycles. The van der Waals surface area contributed by atoms with Crippen molar-refractivity contribution >= 4 is 26.3 Å². The van der Waals surface area contributed by atoms with E-state index in [-0.39, 0.29) is 0 Å². The van der Waals surface area contributed by atoms with Gasteiger partial charge in [0, 0.05) is 11.7 Å². The van der Waals surface area contributed by atoms with Gasteiger partial charge in [-0.15, -0.1) is 0 Å². The van der Waals surface area contributed by atoms with Gasteiger partial charge in [0.2, 0.25) is 0 Å². The van der Waals surface area contributed by atoms with Crippen molar-refractivity contribution in [1.29, 1.82) is 0 Å². The van der Waals surface area contributed by atoms with Crippen LogP contribution in [0.3, 0.4) is 0 Å². The van der Waals surface area contributed by atoms with E-state index in [1.54, 1.807) is 0 Å². The van der Waals surface area contributed by atoms with Gasteiger partial charge in [0.1, 0.15) is 0 Å². The molecule has 1 aromatic carbocycles. The highest BCUT2D eigenvalue weighted by molar-refractivity contribution is 6.38. The lowest BCUT2D eigenvalue weighted by atomic mass is 10.2. The van der Waals surface area contributed by atoms with Crippen molar-refractivity contribution in [3.05, 3.63) is 30.0 Å². The predicted molar refractivity (Wildman–Crippen MR) is 48.4 cm³/mol. The van der Waals surface area contributed by atoms with Crippen LogP contribution in [0.5, 0.6) is 0 Å². The molecule has 53 valence electrons. The molecular weight excluding hydrogens is 150 g/mol. The Morgan fingerprint density at radius 2 is 2.18 bits per heavy atom. The lowest BCUT2D eigenvalue weighted by molar-refractivity contribution is 1.44. The molecule has 1 N–H and O–H groups in total. The van der Waals surface area contributed by atoms with Crippen LogP contribution in [0, 0.1) is 6.92 Å². The van der Waals surface area contributed by atoms with Crippen molar-refractivity contribution in [3.8, 4) is 0 Å². The first kappa shape index (κ1) is 6.67. The highest BCUT2D eigenvalue weighted by Crippen LogP contribution is 2.10. The van der Waals surface area contributed by atoms with Gasteiger partial charge < -0.3 is 4.98 Å². The molecular formula is C9H8NSi. The molecule has 2 heteroatoms. The number of hydrogen-bond donors (Lipinski definition) is 1. The Balaban J connectivity index is 2.86. The number of benzene rings is 1. The summed E-state index contributed by atoms with van der Waals surface area (Å²) in [6.07, 6.45) is 1.96. The Bertz CT molecular complexity index is 389. The van der Waals surface area contributed by atoms with Crippen LogP contribution in [0.15, 0.2) is 24.4 Å². The number of aromatic nitrogens is 1. The third-order valence-electron chi connectivity index (χ3n) is 1.84. The number of H-pyrrole nitrogens is 1. The Morgan fingerprint density at radius 3 is 3.00 bits per heavy atom. The Hall–Kier alpha value is -1.02. The van der Waals surface area contributed by atoms with Crippen molar-refractivity contribution in [2.75, 3.05) is 0 Å². The normalized spacial score (nSPS) is 10.7. The fourth-order valence-corrected chi connectivity index (χ4v) is 1.53. The fraction of sp³-hybridized carbons (Fsp3) is 0.111. The third kappa shape index (κ3) is 0.993. The minimum atomic E-state index is 1.12. The number of nitrogens with one attached hydrogen (secondary N) is 1. The number of aryl methyl sites for hydroxylation is 1. The zero-order chi connectivity index (χ0) is 7.84. The third-order valence-corrected chi connectivity index (χ3v) is 2.25. The van der Waals surface area contributed by atoms with Crippen molar-refractivity contribution in [2.24, 2.45) is 0 Å². The lowest BCUT2D eigenvalue weighted by Crippen LogP contribution is -1.96. The molecule has 0 amide bonds. The monoisotopic (exact) mass is 158 g/mol. The molecule has 2 aromatic rings. The maximum Gasteiger partial charge on any atom is 0.0742 e. The van der Waals surface area contributed by atoms with E-state index in [0.717, 1.165) is 5.19 Å². The van der Waals surface area contributed by atoms with Gasteiger partial charge in [-0.3, -0.25) is 0 Å². The molecule has 0 spiro atoms. The Morgan fingerprint density at radius 1 is 1.36 bits per heavy atom. The van der Waals surface area contributed by atoms with Crippen LogP contribution in [-0.2, 0) is 0 Å². The minimum absolute atomic E-state index is 1.12. The molecule has 0 aliphatic heterocycles. The molecule has 11 heavy (non-hydrogen) atoms. The van der Waals surface area contributed by atoms with Crippen molar-refractivity contribution in [2.45, 2.75) is 6.92 Å². The van der Waals surface area contributed by atoms with E-state index >= 15 is 0 Å². The number of hydrogen-bond acceptors (Lipinski definition) is 0. The molecule has 0 fully saturated rings. The van der Waals surface area contributed by atoms with Crippen LogP contribution in [0.1, 0.15) is 5.56 Å². The molecule has 3 radical (unpaired) electrons. The van der Waals surface area contributed by atoms with Crippen molar-refractivity contribution < 1.29 is 0 Å². The van der Waals surface area contributed by atoms with E-state index in [2.05, 4.69) is 40.3 Å². The molecule has 1 heterocycles. The summed E-state index contributed by atoms with van der Waals surface area (Å²) in [5, 5.41) is 2.37. The second kappa shape index (κ2) is 2.24. The summed E-state index contributed by atoms with van der Waals surface area (Å²) in [7, 11) is 3.51. The summed E-state index contributed by atoms with van der Waals surface area (Å²) in [5.74, 6) is 0. The number of aromatic amines is 1. The van der Waals surface area contributed by atoms with Crippen LogP contribution in [-0.4, -0.2) is 15.2 Å². The van der Waals surface area contributed by atoms with Crippen molar-refractivity contribution in [1.82, 2.24) is 4.98 Å². The predicted octanol–water partition coefficient (Wildman–Crippen LogP) is 1.27. The summed E-state index contributed by atoms with van der Waals surface area (Å²) in [5.41, 5.74) is 2.47. The summed E-state index contributed by atoms with van der Waals surface area (Å²) in [6, 6.07) is 6.36. The van der Waals surface area contributed by atoms with Crippen LogP contribution >= 0.6 is 0 Å². The maximum atomic E-state index is 3.51. The van der Waals surface area contributed by atoms with E-state index in [1.807, 2.05) is 6.20 Å². The zero-order valence-electron chi connectivity index (χ0n) is 6.31. The van der Waals surface area contributed by atoms with Gasteiger partial charge in [-0.1, -0.05) is 12.1 Å². The first-order chi connectivity index (χ1) is 5.27. The maximum absolute atomic E-state index is 3.51. The SMILES string of the molecule is Cc1ccc2c([Si])c[nH]c2c1. The van der Waals surface area contributed by atoms with Gasteiger partial charge in [0.25, 0.3) is 0 Å². The van der Waals surface area contributed by atoms with Gasteiger partial charge in [-0.05, 0) is 29.1 Å². The Labute approximate surface area is 68.9 Å². The van der Waals surface area contributed by atoms with Gasteiger partial charge in [0.05, 0.1) is 10.2 Å². The van der Waals surface area contributed by atoms with Crippen molar-refractivity contribution in [3.63, 3.8) is 0 Å². The smallest absolute Gasteiger partial charge is 0.0742 e. The first-order valence-electron chi connectivity index (χ1n) is 3.57. The van der Waals surface area contributed by atoms with E-state index in [9.17, 15) is 0 Å². The summed E-state index contributed by atoms with van der Waals surface area (Å²) in [4.78, 5) is 3.18. The van der Waals surface area contributed by atoms with Gasteiger partial charge in [0.15, 0.2) is 0 Å².